The predicted molar refractivity (Wildman–Crippen MR) is 78.1 cm³/mol. The lowest BCUT2D eigenvalue weighted by molar-refractivity contribution is -0.136. The molecule has 0 radical (unpaired) electrons. The molecular formula is C16H16FNO3. The van der Waals surface area contributed by atoms with Gasteiger partial charge in [0.25, 0.3) is 0 Å². The maximum atomic E-state index is 13.1. The number of anilines is 1. The van der Waals surface area contributed by atoms with Crippen LogP contribution in [0.4, 0.5) is 10.1 Å². The molecule has 110 valence electrons. The summed E-state index contributed by atoms with van der Waals surface area (Å²) in [4.78, 5) is 10.9. The summed E-state index contributed by atoms with van der Waals surface area (Å²) in [6.45, 7) is 0.436. The number of benzene rings is 2. The molecule has 0 aliphatic heterocycles. The van der Waals surface area contributed by atoms with Crippen LogP contribution in [0.1, 0.15) is 11.1 Å². The van der Waals surface area contributed by atoms with Crippen LogP contribution in [0.15, 0.2) is 42.5 Å². The minimum Gasteiger partial charge on any atom is -0.494 e. The molecule has 0 aromatic heterocycles. The zero-order valence-corrected chi connectivity index (χ0v) is 11.6. The van der Waals surface area contributed by atoms with Crippen molar-refractivity contribution in [3.63, 3.8) is 0 Å². The maximum Gasteiger partial charge on any atom is 0.307 e. The molecule has 0 unspecified atom stereocenters. The average Bonchev–Trinajstić information content (AvgIpc) is 2.46. The third-order valence-corrected chi connectivity index (χ3v) is 3.09. The van der Waals surface area contributed by atoms with Crippen molar-refractivity contribution in [2.75, 3.05) is 12.4 Å². The Hall–Kier alpha value is -2.56. The van der Waals surface area contributed by atoms with E-state index in [4.69, 9.17) is 9.84 Å². The quantitative estimate of drug-likeness (QED) is 0.858. The first-order chi connectivity index (χ1) is 10.1. The normalized spacial score (nSPS) is 10.2. The number of hydrogen-bond acceptors (Lipinski definition) is 3. The Morgan fingerprint density at radius 1 is 1.24 bits per heavy atom. The highest BCUT2D eigenvalue weighted by Crippen LogP contribution is 2.25. The van der Waals surface area contributed by atoms with Gasteiger partial charge in [-0.25, -0.2) is 4.39 Å². The second kappa shape index (κ2) is 6.74. The van der Waals surface area contributed by atoms with Gasteiger partial charge in [0.1, 0.15) is 11.6 Å². The Labute approximate surface area is 122 Å². The van der Waals surface area contributed by atoms with E-state index in [0.717, 1.165) is 11.1 Å². The molecule has 0 heterocycles. The minimum atomic E-state index is -0.873. The smallest absolute Gasteiger partial charge is 0.307 e. The van der Waals surface area contributed by atoms with Crippen LogP contribution in [-0.2, 0) is 17.8 Å². The highest BCUT2D eigenvalue weighted by atomic mass is 19.1. The van der Waals surface area contributed by atoms with Crippen LogP contribution in [0.5, 0.6) is 5.75 Å². The van der Waals surface area contributed by atoms with Crippen LogP contribution in [0.3, 0.4) is 0 Å². The van der Waals surface area contributed by atoms with Gasteiger partial charge in [0.2, 0.25) is 0 Å². The monoisotopic (exact) mass is 289 g/mol. The van der Waals surface area contributed by atoms with Crippen molar-refractivity contribution in [2.45, 2.75) is 13.0 Å². The van der Waals surface area contributed by atoms with E-state index in [9.17, 15) is 9.18 Å². The predicted octanol–water partition coefficient (Wildman–Crippen LogP) is 3.07. The Bertz CT molecular complexity index is 643. The Morgan fingerprint density at radius 2 is 1.95 bits per heavy atom. The summed E-state index contributed by atoms with van der Waals surface area (Å²) >= 11 is 0. The van der Waals surface area contributed by atoms with Gasteiger partial charge in [-0.2, -0.15) is 0 Å². The van der Waals surface area contributed by atoms with Gasteiger partial charge in [0.15, 0.2) is 0 Å². The Balaban J connectivity index is 2.15. The molecule has 5 heteroatoms. The molecule has 2 rings (SSSR count). The summed E-state index contributed by atoms with van der Waals surface area (Å²) in [6.07, 6.45) is -0.0294. The molecule has 2 aromatic carbocycles. The van der Waals surface area contributed by atoms with E-state index < -0.39 is 5.97 Å². The summed E-state index contributed by atoms with van der Waals surface area (Å²) in [5.74, 6) is -0.837. The summed E-state index contributed by atoms with van der Waals surface area (Å²) in [6, 6.07) is 11.5. The van der Waals surface area contributed by atoms with E-state index in [1.54, 1.807) is 18.2 Å². The van der Waals surface area contributed by atoms with Gasteiger partial charge in [-0.1, -0.05) is 24.3 Å². The lowest BCUT2D eigenvalue weighted by Crippen LogP contribution is -2.07. The van der Waals surface area contributed by atoms with Gasteiger partial charge >= 0.3 is 5.97 Å². The highest BCUT2D eigenvalue weighted by molar-refractivity contribution is 5.70. The summed E-state index contributed by atoms with van der Waals surface area (Å²) in [5, 5.41) is 12.0. The van der Waals surface area contributed by atoms with Gasteiger partial charge in [-0.3, -0.25) is 4.79 Å². The number of hydrogen-bond donors (Lipinski definition) is 2. The molecule has 0 saturated heterocycles. The van der Waals surface area contributed by atoms with Gasteiger partial charge in [0.05, 0.1) is 19.2 Å². The number of methoxy groups -OCH3 is 1. The van der Waals surface area contributed by atoms with E-state index >= 15 is 0 Å². The lowest BCUT2D eigenvalue weighted by atomic mass is 10.0. The van der Waals surface area contributed by atoms with Crippen molar-refractivity contribution in [3.05, 3.63) is 59.4 Å². The van der Waals surface area contributed by atoms with Gasteiger partial charge < -0.3 is 15.2 Å². The van der Waals surface area contributed by atoms with Crippen LogP contribution in [0.2, 0.25) is 0 Å². The van der Waals surface area contributed by atoms with E-state index in [1.807, 2.05) is 12.1 Å². The molecule has 0 atom stereocenters. The number of aliphatic carboxylic acids is 1. The van der Waals surface area contributed by atoms with Crippen LogP contribution >= 0.6 is 0 Å². The zero-order chi connectivity index (χ0) is 15.2. The molecule has 2 aromatic rings. The number of carboxylic acids is 1. The average molecular weight is 289 g/mol. The molecule has 21 heavy (non-hydrogen) atoms. The maximum absolute atomic E-state index is 13.1. The molecule has 0 amide bonds. The number of rotatable bonds is 6. The second-order valence-electron chi connectivity index (χ2n) is 4.54. The van der Waals surface area contributed by atoms with Gasteiger partial charge in [-0.05, 0) is 23.3 Å². The van der Waals surface area contributed by atoms with Crippen LogP contribution in [0.25, 0.3) is 0 Å². The molecule has 2 N–H and O–H groups in total. The van der Waals surface area contributed by atoms with Crippen molar-refractivity contribution < 1.29 is 19.0 Å². The van der Waals surface area contributed by atoms with E-state index in [-0.39, 0.29) is 12.2 Å². The van der Waals surface area contributed by atoms with Gasteiger partial charge in [0, 0.05) is 12.6 Å². The first-order valence-corrected chi connectivity index (χ1v) is 6.46. The number of carboxylic acid groups (broad SMARTS) is 1. The summed E-state index contributed by atoms with van der Waals surface area (Å²) in [5.41, 5.74) is 2.29. The third-order valence-electron chi connectivity index (χ3n) is 3.09. The first-order valence-electron chi connectivity index (χ1n) is 6.46. The fourth-order valence-corrected chi connectivity index (χ4v) is 2.07. The van der Waals surface area contributed by atoms with E-state index in [2.05, 4.69) is 5.32 Å². The standard InChI is InChI=1S/C16H16FNO3/c1-21-15-9-13(17)6-7-14(15)18-10-12-5-3-2-4-11(12)8-16(19)20/h2-7,9,18H,8,10H2,1H3,(H,19,20). The molecule has 0 aliphatic rings. The molecular weight excluding hydrogens is 273 g/mol. The number of halogens is 1. The fraction of sp³-hybridized carbons (Fsp3) is 0.188. The molecule has 4 nitrogen and oxygen atoms in total. The highest BCUT2D eigenvalue weighted by Gasteiger charge is 2.08. The topological polar surface area (TPSA) is 58.6 Å². The van der Waals surface area contributed by atoms with Crippen molar-refractivity contribution >= 4 is 11.7 Å². The summed E-state index contributed by atoms with van der Waals surface area (Å²) in [7, 11) is 1.47. The summed E-state index contributed by atoms with van der Waals surface area (Å²) < 4.78 is 18.2. The van der Waals surface area contributed by atoms with Crippen LogP contribution in [-0.4, -0.2) is 18.2 Å². The van der Waals surface area contributed by atoms with Crippen molar-refractivity contribution in [2.24, 2.45) is 0 Å². The third kappa shape index (κ3) is 3.95. The van der Waals surface area contributed by atoms with E-state index in [0.29, 0.717) is 18.0 Å². The number of carbonyl (C=O) groups is 1. The fourth-order valence-electron chi connectivity index (χ4n) is 2.07. The van der Waals surface area contributed by atoms with Crippen LogP contribution in [0, 0.1) is 5.82 Å². The van der Waals surface area contributed by atoms with Crippen LogP contribution < -0.4 is 10.1 Å². The molecule has 0 bridgehead atoms. The molecule has 0 spiro atoms. The largest absolute Gasteiger partial charge is 0.494 e. The SMILES string of the molecule is COc1cc(F)ccc1NCc1ccccc1CC(=O)O. The van der Waals surface area contributed by atoms with Crippen molar-refractivity contribution in [1.82, 2.24) is 0 Å². The second-order valence-corrected chi connectivity index (χ2v) is 4.54. The molecule has 0 saturated carbocycles. The van der Waals surface area contributed by atoms with Crippen molar-refractivity contribution in [3.8, 4) is 5.75 Å². The van der Waals surface area contributed by atoms with E-state index in [1.165, 1.54) is 19.2 Å². The number of nitrogens with one attached hydrogen (secondary N) is 1. The minimum absolute atomic E-state index is 0.0294. The molecule has 0 aliphatic carbocycles. The number of ether oxygens (including phenoxy) is 1. The Morgan fingerprint density at radius 3 is 2.62 bits per heavy atom. The lowest BCUT2D eigenvalue weighted by Gasteiger charge is -2.13. The van der Waals surface area contributed by atoms with Crippen molar-refractivity contribution in [1.29, 1.82) is 0 Å². The molecule has 0 fully saturated rings. The Kier molecular flexibility index (Phi) is 4.77. The first kappa shape index (κ1) is 14.8. The zero-order valence-electron chi connectivity index (χ0n) is 11.6. The van der Waals surface area contributed by atoms with Gasteiger partial charge in [-0.15, -0.1) is 0 Å².